The summed E-state index contributed by atoms with van der Waals surface area (Å²) < 4.78 is 0. The van der Waals surface area contributed by atoms with Crippen LogP contribution in [0.25, 0.3) is 0 Å². The van der Waals surface area contributed by atoms with Crippen LogP contribution in [0.4, 0.5) is 0 Å². The van der Waals surface area contributed by atoms with Crippen molar-refractivity contribution >= 4 is 18.0 Å². The molecule has 3 atom stereocenters. The number of hydrogen-bond acceptors (Lipinski definition) is 4. The minimum Gasteiger partial charge on any atom is -0.481 e. The number of Topliss-reactive ketones (excluding diaryl/α,β-unsaturated/α-hetero) is 1. The van der Waals surface area contributed by atoms with Gasteiger partial charge >= 0.3 is 5.97 Å². The third-order valence-corrected chi connectivity index (χ3v) is 4.09. The van der Waals surface area contributed by atoms with Gasteiger partial charge in [0.2, 0.25) is 0 Å². The number of carboxylic acids is 1. The van der Waals surface area contributed by atoms with Crippen LogP contribution >= 0.6 is 0 Å². The van der Waals surface area contributed by atoms with Crippen molar-refractivity contribution in [2.24, 2.45) is 11.8 Å². The van der Waals surface area contributed by atoms with Crippen molar-refractivity contribution in [1.29, 1.82) is 0 Å². The van der Waals surface area contributed by atoms with Crippen molar-refractivity contribution < 1.29 is 24.6 Å². The molecule has 25 heavy (non-hydrogen) atoms. The Bertz CT molecular complexity index is 453. The Morgan fingerprint density at radius 1 is 1.08 bits per heavy atom. The predicted octanol–water partition coefficient (Wildman–Crippen LogP) is 3.71. The molecule has 5 heteroatoms. The van der Waals surface area contributed by atoms with Crippen LogP contribution in [0.2, 0.25) is 0 Å². The first-order valence-electron chi connectivity index (χ1n) is 9.11. The fourth-order valence-electron chi connectivity index (χ4n) is 2.56. The zero-order chi connectivity index (χ0) is 19.1. The summed E-state index contributed by atoms with van der Waals surface area (Å²) in [6, 6.07) is 0. The largest absolute Gasteiger partial charge is 0.481 e. The van der Waals surface area contributed by atoms with Crippen LogP contribution in [0.3, 0.4) is 0 Å². The summed E-state index contributed by atoms with van der Waals surface area (Å²) in [5.74, 6) is -1.93. The minimum absolute atomic E-state index is 0.103. The van der Waals surface area contributed by atoms with Crippen molar-refractivity contribution in [3.63, 3.8) is 0 Å². The van der Waals surface area contributed by atoms with Gasteiger partial charge in [0, 0.05) is 18.3 Å². The van der Waals surface area contributed by atoms with Crippen molar-refractivity contribution in [2.75, 3.05) is 0 Å². The molecule has 0 aliphatic rings. The molecule has 0 aromatic heterocycles. The fourth-order valence-corrected chi connectivity index (χ4v) is 2.56. The summed E-state index contributed by atoms with van der Waals surface area (Å²) in [5, 5.41) is 18.5. The van der Waals surface area contributed by atoms with Gasteiger partial charge in [-0.15, -0.1) is 0 Å². The van der Waals surface area contributed by atoms with Gasteiger partial charge in [-0.05, 0) is 32.6 Å². The van der Waals surface area contributed by atoms with Crippen molar-refractivity contribution in [3.05, 3.63) is 24.3 Å². The Hall–Kier alpha value is -1.75. The van der Waals surface area contributed by atoms with E-state index >= 15 is 0 Å². The van der Waals surface area contributed by atoms with Gasteiger partial charge in [-0.25, -0.2) is 0 Å². The molecule has 0 fully saturated rings. The van der Waals surface area contributed by atoms with Gasteiger partial charge in [0.05, 0.1) is 6.10 Å². The second-order valence-electron chi connectivity index (χ2n) is 6.38. The molecule has 0 aliphatic carbocycles. The summed E-state index contributed by atoms with van der Waals surface area (Å²) in [5.41, 5.74) is 0. The summed E-state index contributed by atoms with van der Waals surface area (Å²) in [6.07, 6.45) is 12.6. The van der Waals surface area contributed by atoms with E-state index in [0.717, 1.165) is 25.5 Å². The standard InChI is InChI=1S/C20H32O5/c1-3-4-7-11-18(23)13-14-19(16(2)22)17(15-21)10-8-5-6-9-12-20(24)25/h5,8,13-15,17-19,23H,3-4,6-7,9-12H2,1-2H3,(H,24,25)/b8-5-,14-13+/t17-,18+,19+/m1/s1. The van der Waals surface area contributed by atoms with Crippen LogP contribution in [-0.2, 0) is 14.4 Å². The lowest BCUT2D eigenvalue weighted by Gasteiger charge is -2.16. The summed E-state index contributed by atoms with van der Waals surface area (Å²) in [7, 11) is 0. The van der Waals surface area contributed by atoms with Crippen LogP contribution in [0.15, 0.2) is 24.3 Å². The highest BCUT2D eigenvalue weighted by Gasteiger charge is 2.22. The lowest BCUT2D eigenvalue weighted by molar-refractivity contribution is -0.137. The maximum atomic E-state index is 11.8. The predicted molar refractivity (Wildman–Crippen MR) is 98.3 cm³/mol. The van der Waals surface area contributed by atoms with Crippen LogP contribution in [0, 0.1) is 11.8 Å². The molecule has 0 spiro atoms. The van der Waals surface area contributed by atoms with E-state index in [1.807, 2.05) is 12.2 Å². The average Bonchev–Trinajstić information content (AvgIpc) is 2.55. The van der Waals surface area contributed by atoms with Gasteiger partial charge in [0.25, 0.3) is 0 Å². The maximum Gasteiger partial charge on any atom is 0.303 e. The number of rotatable bonds is 15. The Labute approximate surface area is 150 Å². The van der Waals surface area contributed by atoms with Gasteiger partial charge in [-0.3, -0.25) is 9.59 Å². The number of carbonyl (C=O) groups excluding carboxylic acids is 2. The van der Waals surface area contributed by atoms with Crippen LogP contribution in [0.5, 0.6) is 0 Å². The Morgan fingerprint density at radius 3 is 2.36 bits per heavy atom. The second kappa shape index (κ2) is 14.6. The number of aliphatic carboxylic acids is 1. The summed E-state index contributed by atoms with van der Waals surface area (Å²) >= 11 is 0. The number of unbranched alkanes of at least 4 members (excludes halogenated alkanes) is 3. The molecule has 0 saturated carbocycles. The third-order valence-electron chi connectivity index (χ3n) is 4.09. The molecule has 2 N–H and O–H groups in total. The molecule has 0 rings (SSSR count). The van der Waals surface area contributed by atoms with E-state index in [1.165, 1.54) is 6.92 Å². The van der Waals surface area contributed by atoms with Gasteiger partial charge in [0.15, 0.2) is 0 Å². The van der Waals surface area contributed by atoms with Gasteiger partial charge in [0.1, 0.15) is 12.1 Å². The first-order valence-corrected chi connectivity index (χ1v) is 9.11. The molecule has 0 aromatic carbocycles. The molecule has 0 aromatic rings. The normalized spacial score (nSPS) is 15.3. The zero-order valence-electron chi connectivity index (χ0n) is 15.4. The topological polar surface area (TPSA) is 91.7 Å². The maximum absolute atomic E-state index is 11.8. The molecular weight excluding hydrogens is 320 g/mol. The fraction of sp³-hybridized carbons (Fsp3) is 0.650. The van der Waals surface area contributed by atoms with Crippen LogP contribution in [-0.4, -0.2) is 34.4 Å². The zero-order valence-corrected chi connectivity index (χ0v) is 15.4. The molecule has 0 aliphatic heterocycles. The molecule has 0 unspecified atom stereocenters. The SMILES string of the molecule is CCCCC[C@H](O)/C=C/[C@@H](C(C)=O)[C@@H](C=O)C/C=C\CCCC(=O)O. The number of aliphatic hydroxyl groups excluding tert-OH is 1. The van der Waals surface area contributed by atoms with E-state index in [-0.39, 0.29) is 12.2 Å². The average molecular weight is 352 g/mol. The number of carbonyl (C=O) groups is 3. The number of allylic oxidation sites excluding steroid dienone is 3. The van der Waals surface area contributed by atoms with Crippen LogP contribution < -0.4 is 0 Å². The third kappa shape index (κ3) is 12.3. The summed E-state index contributed by atoms with van der Waals surface area (Å²) in [4.78, 5) is 33.6. The van der Waals surface area contributed by atoms with E-state index in [2.05, 4.69) is 6.92 Å². The van der Waals surface area contributed by atoms with Crippen molar-refractivity contribution in [2.45, 2.75) is 71.3 Å². The molecular formula is C20H32O5. The Balaban J connectivity index is 4.53. The van der Waals surface area contributed by atoms with E-state index < -0.39 is 23.9 Å². The number of aldehydes is 1. The smallest absolute Gasteiger partial charge is 0.303 e. The van der Waals surface area contributed by atoms with Crippen molar-refractivity contribution in [3.8, 4) is 0 Å². The van der Waals surface area contributed by atoms with E-state index in [9.17, 15) is 19.5 Å². The number of aliphatic hydroxyl groups is 1. The van der Waals surface area contributed by atoms with Crippen molar-refractivity contribution in [1.82, 2.24) is 0 Å². The molecule has 142 valence electrons. The molecule has 0 amide bonds. The Kier molecular flexibility index (Phi) is 13.6. The minimum atomic E-state index is -0.821. The first kappa shape index (κ1) is 23.2. The Morgan fingerprint density at radius 2 is 1.80 bits per heavy atom. The first-order chi connectivity index (χ1) is 11.9. The lowest BCUT2D eigenvalue weighted by Crippen LogP contribution is -2.21. The number of hydrogen-bond donors (Lipinski definition) is 2. The van der Waals surface area contributed by atoms with E-state index in [0.29, 0.717) is 25.7 Å². The monoisotopic (exact) mass is 352 g/mol. The highest BCUT2D eigenvalue weighted by atomic mass is 16.4. The lowest BCUT2D eigenvalue weighted by atomic mass is 9.86. The number of carboxylic acid groups (broad SMARTS) is 1. The van der Waals surface area contributed by atoms with Gasteiger partial charge in [-0.2, -0.15) is 0 Å². The quantitative estimate of drug-likeness (QED) is 0.266. The highest BCUT2D eigenvalue weighted by molar-refractivity contribution is 5.83. The van der Waals surface area contributed by atoms with Crippen LogP contribution in [0.1, 0.15) is 65.2 Å². The van der Waals surface area contributed by atoms with E-state index in [4.69, 9.17) is 5.11 Å². The van der Waals surface area contributed by atoms with Gasteiger partial charge in [-0.1, -0.05) is 50.5 Å². The number of ketones is 1. The van der Waals surface area contributed by atoms with Gasteiger partial charge < -0.3 is 15.0 Å². The molecule has 0 bridgehead atoms. The molecule has 0 heterocycles. The van der Waals surface area contributed by atoms with E-state index in [1.54, 1.807) is 12.2 Å². The molecule has 5 nitrogen and oxygen atoms in total. The highest BCUT2D eigenvalue weighted by Crippen LogP contribution is 2.19. The molecule has 0 radical (unpaired) electrons. The second-order valence-corrected chi connectivity index (χ2v) is 6.38. The molecule has 0 saturated heterocycles. The summed E-state index contributed by atoms with van der Waals surface area (Å²) in [6.45, 7) is 3.55.